The number of aromatic nitrogens is 1. The van der Waals surface area contributed by atoms with Crippen LogP contribution in [0.25, 0.3) is 10.8 Å². The second-order valence-corrected chi connectivity index (χ2v) is 5.93. The second kappa shape index (κ2) is 5.86. The van der Waals surface area contributed by atoms with E-state index in [-0.39, 0.29) is 0 Å². The molecule has 0 spiro atoms. The maximum atomic E-state index is 5.41. The van der Waals surface area contributed by atoms with Gasteiger partial charge in [0, 0.05) is 37.6 Å². The average Bonchev–Trinajstić information content (AvgIpc) is 3.07. The molecule has 5 heteroatoms. The first-order valence-electron chi connectivity index (χ1n) is 6.76. The minimum Gasteiger partial charge on any atom is -0.462 e. The molecule has 102 valence electrons. The van der Waals surface area contributed by atoms with E-state index in [0.717, 1.165) is 55.6 Å². The van der Waals surface area contributed by atoms with Gasteiger partial charge in [-0.2, -0.15) is 0 Å². The van der Waals surface area contributed by atoms with E-state index in [0.29, 0.717) is 0 Å². The summed E-state index contributed by atoms with van der Waals surface area (Å²) >= 11 is 1.76. The van der Waals surface area contributed by atoms with E-state index < -0.39 is 0 Å². The lowest BCUT2D eigenvalue weighted by molar-refractivity contribution is 0.244. The molecule has 0 atom stereocenters. The highest BCUT2D eigenvalue weighted by Crippen LogP contribution is 2.28. The molecule has 3 heterocycles. The first-order chi connectivity index (χ1) is 9.33. The lowest BCUT2D eigenvalue weighted by atomic mass is 10.2. The number of thiazole rings is 1. The molecule has 1 fully saturated rings. The van der Waals surface area contributed by atoms with Gasteiger partial charge in [-0.15, -0.1) is 11.3 Å². The summed E-state index contributed by atoms with van der Waals surface area (Å²) in [5.74, 6) is 0.876. The summed E-state index contributed by atoms with van der Waals surface area (Å²) in [6.45, 7) is 7.75. The Bertz CT molecular complexity index is 515. The third-order valence-corrected chi connectivity index (χ3v) is 4.72. The summed E-state index contributed by atoms with van der Waals surface area (Å²) in [7, 11) is 0. The number of nitrogens with one attached hydrogen (secondary N) is 1. The van der Waals surface area contributed by atoms with Gasteiger partial charge in [-0.1, -0.05) is 0 Å². The Morgan fingerprint density at radius 3 is 3.00 bits per heavy atom. The van der Waals surface area contributed by atoms with Crippen LogP contribution >= 0.6 is 11.3 Å². The highest BCUT2D eigenvalue weighted by Gasteiger charge is 2.14. The van der Waals surface area contributed by atoms with Crippen LogP contribution in [-0.4, -0.2) is 42.6 Å². The molecule has 2 aromatic heterocycles. The van der Waals surface area contributed by atoms with Crippen molar-refractivity contribution in [2.45, 2.75) is 13.3 Å². The van der Waals surface area contributed by atoms with Gasteiger partial charge in [-0.25, -0.2) is 4.98 Å². The molecule has 4 nitrogen and oxygen atoms in total. The molecule has 1 saturated heterocycles. The van der Waals surface area contributed by atoms with Crippen molar-refractivity contribution in [3.63, 3.8) is 0 Å². The van der Waals surface area contributed by atoms with Crippen molar-refractivity contribution >= 4 is 11.3 Å². The van der Waals surface area contributed by atoms with Gasteiger partial charge in [0.05, 0.1) is 12.0 Å². The predicted octanol–water partition coefficient (Wildman–Crippen LogP) is 2.16. The molecule has 0 radical (unpaired) electrons. The molecule has 0 amide bonds. The van der Waals surface area contributed by atoms with Crippen molar-refractivity contribution < 1.29 is 4.42 Å². The highest BCUT2D eigenvalue weighted by molar-refractivity contribution is 7.15. The molecule has 0 aromatic carbocycles. The highest BCUT2D eigenvalue weighted by atomic mass is 32.1. The summed E-state index contributed by atoms with van der Waals surface area (Å²) in [6.07, 6.45) is 2.79. The maximum absolute atomic E-state index is 5.41. The normalized spacial score (nSPS) is 16.9. The Morgan fingerprint density at radius 1 is 1.42 bits per heavy atom. The Labute approximate surface area is 117 Å². The topological polar surface area (TPSA) is 41.3 Å². The van der Waals surface area contributed by atoms with Crippen molar-refractivity contribution in [1.82, 2.24) is 15.2 Å². The van der Waals surface area contributed by atoms with Crippen LogP contribution in [0.15, 0.2) is 22.8 Å². The van der Waals surface area contributed by atoms with Crippen LogP contribution in [0.4, 0.5) is 0 Å². The van der Waals surface area contributed by atoms with Crippen molar-refractivity contribution in [2.24, 2.45) is 0 Å². The number of nitrogens with zero attached hydrogens (tertiary/aromatic N) is 2. The van der Waals surface area contributed by atoms with Crippen LogP contribution in [0.5, 0.6) is 0 Å². The minimum atomic E-state index is 0.876. The number of hydrogen-bond donors (Lipinski definition) is 1. The summed E-state index contributed by atoms with van der Waals surface area (Å²) in [4.78, 5) is 8.51. The van der Waals surface area contributed by atoms with Crippen LogP contribution in [0.3, 0.4) is 0 Å². The zero-order chi connectivity index (χ0) is 13.1. The van der Waals surface area contributed by atoms with Gasteiger partial charge >= 0.3 is 0 Å². The molecular weight excluding hydrogens is 258 g/mol. The molecule has 1 N–H and O–H groups in total. The molecule has 3 rings (SSSR count). The second-order valence-electron chi connectivity index (χ2n) is 4.85. The molecule has 2 aromatic rings. The Kier molecular flexibility index (Phi) is 3.96. The van der Waals surface area contributed by atoms with Gasteiger partial charge < -0.3 is 14.6 Å². The number of rotatable bonds is 4. The third kappa shape index (κ3) is 3.05. The van der Waals surface area contributed by atoms with Gasteiger partial charge in [0.15, 0.2) is 10.8 Å². The summed E-state index contributed by atoms with van der Waals surface area (Å²) in [5, 5.41) is 4.38. The standard InChI is InChI=1S/C14H19N3OS/c1-11-13(4-7-17-8-5-15-6-9-17)19-14(16-11)12-3-2-10-18-12/h2-3,10,15H,4-9H2,1H3. The Hall–Kier alpha value is -1.17. The smallest absolute Gasteiger partial charge is 0.162 e. The van der Waals surface area contributed by atoms with Gasteiger partial charge in [0.2, 0.25) is 0 Å². The molecule has 0 bridgehead atoms. The van der Waals surface area contributed by atoms with Crippen molar-refractivity contribution in [3.8, 4) is 10.8 Å². The molecule has 1 aliphatic rings. The molecule has 0 aliphatic carbocycles. The van der Waals surface area contributed by atoms with E-state index in [2.05, 4.69) is 22.1 Å². The molecule has 0 unspecified atom stereocenters. The first kappa shape index (κ1) is 12.8. The summed E-state index contributed by atoms with van der Waals surface area (Å²) < 4.78 is 5.41. The summed E-state index contributed by atoms with van der Waals surface area (Å²) in [5.41, 5.74) is 1.14. The van der Waals surface area contributed by atoms with E-state index >= 15 is 0 Å². The first-order valence-corrected chi connectivity index (χ1v) is 7.58. The minimum absolute atomic E-state index is 0.876. The fraction of sp³-hybridized carbons (Fsp3) is 0.500. The Morgan fingerprint density at radius 2 is 2.26 bits per heavy atom. The lowest BCUT2D eigenvalue weighted by Crippen LogP contribution is -2.44. The van der Waals surface area contributed by atoms with Gasteiger partial charge in [-0.3, -0.25) is 0 Å². The molecule has 19 heavy (non-hydrogen) atoms. The summed E-state index contributed by atoms with van der Waals surface area (Å²) in [6, 6.07) is 3.88. The quantitative estimate of drug-likeness (QED) is 0.930. The monoisotopic (exact) mass is 277 g/mol. The number of hydrogen-bond acceptors (Lipinski definition) is 5. The number of piperazine rings is 1. The fourth-order valence-corrected chi connectivity index (χ4v) is 3.38. The van der Waals surface area contributed by atoms with Crippen LogP contribution < -0.4 is 5.32 Å². The van der Waals surface area contributed by atoms with Gasteiger partial charge in [-0.05, 0) is 25.5 Å². The number of aryl methyl sites for hydroxylation is 1. The van der Waals surface area contributed by atoms with Crippen LogP contribution in [0.2, 0.25) is 0 Å². The zero-order valence-electron chi connectivity index (χ0n) is 11.2. The SMILES string of the molecule is Cc1nc(-c2ccco2)sc1CCN1CCNCC1. The van der Waals surface area contributed by atoms with E-state index in [1.807, 2.05) is 12.1 Å². The molecule has 1 aliphatic heterocycles. The van der Waals surface area contributed by atoms with Crippen molar-refractivity contribution in [3.05, 3.63) is 29.0 Å². The van der Waals surface area contributed by atoms with Crippen LogP contribution in [0, 0.1) is 6.92 Å². The van der Waals surface area contributed by atoms with Gasteiger partial charge in [0.25, 0.3) is 0 Å². The molecule has 0 saturated carbocycles. The third-order valence-electron chi connectivity index (χ3n) is 3.49. The van der Waals surface area contributed by atoms with Crippen molar-refractivity contribution in [2.75, 3.05) is 32.7 Å². The average molecular weight is 277 g/mol. The zero-order valence-corrected chi connectivity index (χ0v) is 12.0. The van der Waals surface area contributed by atoms with Crippen LogP contribution in [-0.2, 0) is 6.42 Å². The van der Waals surface area contributed by atoms with Crippen molar-refractivity contribution in [1.29, 1.82) is 0 Å². The van der Waals surface area contributed by atoms with E-state index in [4.69, 9.17) is 4.42 Å². The predicted molar refractivity (Wildman–Crippen MR) is 77.6 cm³/mol. The van der Waals surface area contributed by atoms with E-state index in [9.17, 15) is 0 Å². The number of furan rings is 1. The Balaban J connectivity index is 1.64. The van der Waals surface area contributed by atoms with Crippen LogP contribution in [0.1, 0.15) is 10.6 Å². The van der Waals surface area contributed by atoms with E-state index in [1.54, 1.807) is 17.6 Å². The maximum Gasteiger partial charge on any atom is 0.162 e. The molecular formula is C14H19N3OS. The van der Waals surface area contributed by atoms with E-state index in [1.165, 1.54) is 4.88 Å². The fourth-order valence-electron chi connectivity index (χ4n) is 2.36. The lowest BCUT2D eigenvalue weighted by Gasteiger charge is -2.26. The largest absolute Gasteiger partial charge is 0.462 e. The van der Waals surface area contributed by atoms with Gasteiger partial charge in [0.1, 0.15) is 0 Å².